The van der Waals surface area contributed by atoms with Gasteiger partial charge in [0.1, 0.15) is 18.1 Å². The molecular weight excluding hydrogens is 444 g/mol. The summed E-state index contributed by atoms with van der Waals surface area (Å²) in [5.41, 5.74) is 6.98. The molecule has 9 nitrogen and oxygen atoms in total. The Labute approximate surface area is 199 Å². The second-order valence-corrected chi connectivity index (χ2v) is 9.06. The zero-order valence-electron chi connectivity index (χ0n) is 19.7. The van der Waals surface area contributed by atoms with Gasteiger partial charge < -0.3 is 26.8 Å². The number of thioether (sulfide) groups is 1. The van der Waals surface area contributed by atoms with Crippen LogP contribution in [0.25, 0.3) is 0 Å². The molecule has 0 aromatic heterocycles. The summed E-state index contributed by atoms with van der Waals surface area (Å²) in [5, 5.41) is 16.9. The van der Waals surface area contributed by atoms with Crippen LogP contribution in [-0.2, 0) is 25.6 Å². The number of carboxylic acids is 1. The van der Waals surface area contributed by atoms with E-state index in [0.717, 1.165) is 5.56 Å². The largest absolute Gasteiger partial charge is 0.480 e. The summed E-state index contributed by atoms with van der Waals surface area (Å²) in [7, 11) is 0. The van der Waals surface area contributed by atoms with E-state index in [1.807, 2.05) is 50.4 Å². The Bertz CT molecular complexity index is 792. The number of benzene rings is 1. The maximum atomic E-state index is 13.1. The number of carbonyl (C=O) groups is 4. The predicted octanol–water partition coefficient (Wildman–Crippen LogP) is 0.915. The minimum absolute atomic E-state index is 0.208. The van der Waals surface area contributed by atoms with Gasteiger partial charge in [0.25, 0.3) is 0 Å². The molecule has 0 saturated carbocycles. The van der Waals surface area contributed by atoms with Gasteiger partial charge in [-0.1, -0.05) is 50.6 Å². The smallest absolute Gasteiger partial charge is 0.325 e. The summed E-state index contributed by atoms with van der Waals surface area (Å²) in [6.07, 6.45) is 3.13. The Balaban J connectivity index is 2.90. The zero-order chi connectivity index (χ0) is 25.0. The number of aliphatic carboxylic acids is 1. The van der Waals surface area contributed by atoms with Crippen LogP contribution in [-0.4, -0.2) is 65.0 Å². The van der Waals surface area contributed by atoms with Crippen molar-refractivity contribution < 1.29 is 24.3 Å². The number of carbonyl (C=O) groups excluding carboxylic acids is 3. The van der Waals surface area contributed by atoms with Crippen LogP contribution >= 0.6 is 11.8 Å². The zero-order valence-corrected chi connectivity index (χ0v) is 20.5. The van der Waals surface area contributed by atoms with Crippen molar-refractivity contribution in [2.75, 3.05) is 12.0 Å². The van der Waals surface area contributed by atoms with Crippen LogP contribution in [0.4, 0.5) is 0 Å². The quantitative estimate of drug-likeness (QED) is 0.266. The van der Waals surface area contributed by atoms with Gasteiger partial charge in [-0.15, -0.1) is 0 Å². The van der Waals surface area contributed by atoms with Crippen LogP contribution in [0.5, 0.6) is 0 Å². The highest BCUT2D eigenvalue weighted by Crippen LogP contribution is 2.11. The average Bonchev–Trinajstić information content (AvgIpc) is 2.79. The molecule has 0 aliphatic carbocycles. The van der Waals surface area contributed by atoms with E-state index in [0.29, 0.717) is 25.0 Å². The molecule has 0 heterocycles. The highest BCUT2D eigenvalue weighted by Gasteiger charge is 2.31. The molecule has 1 aromatic rings. The van der Waals surface area contributed by atoms with Crippen LogP contribution in [0.2, 0.25) is 0 Å². The lowest BCUT2D eigenvalue weighted by Crippen LogP contribution is -2.58. The maximum Gasteiger partial charge on any atom is 0.325 e. The van der Waals surface area contributed by atoms with Crippen LogP contribution in [0.3, 0.4) is 0 Å². The summed E-state index contributed by atoms with van der Waals surface area (Å²) in [6, 6.07) is 5.61. The van der Waals surface area contributed by atoms with Crippen LogP contribution in [0.1, 0.15) is 39.2 Å². The van der Waals surface area contributed by atoms with E-state index in [1.54, 1.807) is 0 Å². The lowest BCUT2D eigenvalue weighted by Gasteiger charge is -2.27. The van der Waals surface area contributed by atoms with Crippen molar-refractivity contribution in [3.63, 3.8) is 0 Å². The van der Waals surface area contributed by atoms with Gasteiger partial charge in [0.15, 0.2) is 0 Å². The van der Waals surface area contributed by atoms with Crippen molar-refractivity contribution in [1.29, 1.82) is 0 Å². The molecule has 0 radical (unpaired) electrons. The molecule has 0 aliphatic rings. The highest BCUT2D eigenvalue weighted by molar-refractivity contribution is 7.98. The first-order valence-corrected chi connectivity index (χ1v) is 12.4. The van der Waals surface area contributed by atoms with Gasteiger partial charge in [-0.25, -0.2) is 0 Å². The van der Waals surface area contributed by atoms with Gasteiger partial charge in [0.05, 0.1) is 6.04 Å². The third kappa shape index (κ3) is 9.83. The fourth-order valence-electron chi connectivity index (χ4n) is 3.06. The summed E-state index contributed by atoms with van der Waals surface area (Å²) in [5.74, 6) is -2.34. The molecule has 0 fully saturated rings. The van der Waals surface area contributed by atoms with E-state index in [1.165, 1.54) is 18.7 Å². The lowest BCUT2D eigenvalue weighted by molar-refractivity contribution is -0.141. The van der Waals surface area contributed by atoms with Crippen LogP contribution in [0, 0.1) is 5.92 Å². The van der Waals surface area contributed by atoms with Crippen molar-refractivity contribution in [2.45, 2.75) is 64.2 Å². The first kappa shape index (κ1) is 28.4. The Morgan fingerprint density at radius 2 is 1.64 bits per heavy atom. The highest BCUT2D eigenvalue weighted by atomic mass is 32.2. The summed E-state index contributed by atoms with van der Waals surface area (Å²) in [6.45, 7) is 5.08. The number of amides is 3. The van der Waals surface area contributed by atoms with E-state index in [-0.39, 0.29) is 5.92 Å². The topological polar surface area (TPSA) is 151 Å². The first-order valence-electron chi connectivity index (χ1n) is 11.0. The minimum Gasteiger partial charge on any atom is -0.480 e. The fraction of sp³-hybridized carbons (Fsp3) is 0.565. The first-order chi connectivity index (χ1) is 15.6. The number of nitrogens with one attached hydrogen (secondary N) is 3. The Kier molecular flexibility index (Phi) is 12.5. The second-order valence-electron chi connectivity index (χ2n) is 8.08. The monoisotopic (exact) mass is 480 g/mol. The Morgan fingerprint density at radius 3 is 2.18 bits per heavy atom. The molecule has 1 rings (SSSR count). The molecular formula is C23H36N4O5S. The molecule has 0 saturated heterocycles. The summed E-state index contributed by atoms with van der Waals surface area (Å²) < 4.78 is 0. The summed E-state index contributed by atoms with van der Waals surface area (Å²) in [4.78, 5) is 49.5. The van der Waals surface area contributed by atoms with Crippen molar-refractivity contribution in [2.24, 2.45) is 11.7 Å². The van der Waals surface area contributed by atoms with E-state index < -0.39 is 47.9 Å². The minimum atomic E-state index is -1.17. The molecule has 184 valence electrons. The van der Waals surface area contributed by atoms with Gasteiger partial charge in [0, 0.05) is 0 Å². The van der Waals surface area contributed by atoms with Crippen molar-refractivity contribution in [3.8, 4) is 0 Å². The number of nitrogens with two attached hydrogens (primary N) is 1. The third-order valence-electron chi connectivity index (χ3n) is 5.40. The molecule has 0 spiro atoms. The molecule has 3 amide bonds. The molecule has 10 heteroatoms. The van der Waals surface area contributed by atoms with Gasteiger partial charge >= 0.3 is 5.97 Å². The number of rotatable bonds is 14. The molecule has 1 aromatic carbocycles. The number of hydrogen-bond donors (Lipinski definition) is 5. The molecule has 0 bridgehead atoms. The van der Waals surface area contributed by atoms with Gasteiger partial charge in [0.2, 0.25) is 17.7 Å². The maximum absolute atomic E-state index is 13.1. The van der Waals surface area contributed by atoms with E-state index in [9.17, 15) is 19.2 Å². The second kappa shape index (κ2) is 14.5. The molecule has 0 aliphatic heterocycles. The molecule has 6 N–H and O–H groups in total. The Hall–Kier alpha value is -2.59. The van der Waals surface area contributed by atoms with Crippen molar-refractivity contribution in [1.82, 2.24) is 16.0 Å². The van der Waals surface area contributed by atoms with Gasteiger partial charge in [-0.2, -0.15) is 11.8 Å². The lowest BCUT2D eigenvalue weighted by atomic mass is 9.96. The van der Waals surface area contributed by atoms with Crippen LogP contribution in [0.15, 0.2) is 30.3 Å². The average molecular weight is 481 g/mol. The van der Waals surface area contributed by atoms with Gasteiger partial charge in [-0.3, -0.25) is 19.2 Å². The SMILES string of the molecule is CCC(C)C(NC(=O)C(N)Cc1ccccc1)C(=O)NC(CCSC)C(=O)NC(C)C(=O)O. The standard InChI is InChI=1S/C23H36N4O5S/c1-5-14(2)19(27-20(28)17(24)13-16-9-7-6-8-10-16)22(30)26-18(11-12-33-4)21(29)25-15(3)23(31)32/h6-10,14-15,17-19H,5,11-13,24H2,1-4H3,(H,25,29)(H,26,30)(H,27,28)(H,31,32). The van der Waals surface area contributed by atoms with E-state index >= 15 is 0 Å². The van der Waals surface area contributed by atoms with Crippen molar-refractivity contribution in [3.05, 3.63) is 35.9 Å². The molecule has 33 heavy (non-hydrogen) atoms. The summed E-state index contributed by atoms with van der Waals surface area (Å²) >= 11 is 1.50. The van der Waals surface area contributed by atoms with E-state index in [2.05, 4.69) is 16.0 Å². The number of hydrogen-bond acceptors (Lipinski definition) is 6. The van der Waals surface area contributed by atoms with E-state index in [4.69, 9.17) is 10.8 Å². The molecule has 5 unspecified atom stereocenters. The predicted molar refractivity (Wildman–Crippen MR) is 130 cm³/mol. The van der Waals surface area contributed by atoms with Crippen LogP contribution < -0.4 is 21.7 Å². The van der Waals surface area contributed by atoms with Gasteiger partial charge in [-0.05, 0) is 43.3 Å². The van der Waals surface area contributed by atoms with Crippen molar-refractivity contribution >= 4 is 35.5 Å². The fourth-order valence-corrected chi connectivity index (χ4v) is 3.54. The third-order valence-corrected chi connectivity index (χ3v) is 6.05. The Morgan fingerprint density at radius 1 is 1.00 bits per heavy atom. The molecule has 5 atom stereocenters. The normalized spacial score (nSPS) is 15.4. The number of carboxylic acid groups (broad SMARTS) is 1.